The van der Waals surface area contributed by atoms with Gasteiger partial charge < -0.3 is 5.11 Å². The molecule has 0 aliphatic rings. The number of rotatable bonds is 4. The zero-order valence-electron chi connectivity index (χ0n) is 10.6. The highest BCUT2D eigenvalue weighted by atomic mass is 35.5. The first-order valence-electron chi connectivity index (χ1n) is 5.80. The van der Waals surface area contributed by atoms with Crippen molar-refractivity contribution in [3.8, 4) is 0 Å². The molecule has 110 valence electrons. The number of benzene rings is 2. The van der Waals surface area contributed by atoms with Crippen LogP contribution in [0.25, 0.3) is 0 Å². The topological polar surface area (TPSA) is 71.4 Å². The van der Waals surface area contributed by atoms with Crippen molar-refractivity contribution in [3.05, 3.63) is 64.4 Å². The lowest BCUT2D eigenvalue weighted by Crippen LogP contribution is -2.08. The van der Waals surface area contributed by atoms with Crippen LogP contribution >= 0.6 is 11.6 Å². The minimum absolute atomic E-state index is 0.0665. The Balaban J connectivity index is 2.41. The molecule has 0 fully saturated rings. The van der Waals surface area contributed by atoms with Crippen LogP contribution in [0.4, 0.5) is 4.39 Å². The lowest BCUT2D eigenvalue weighted by Gasteiger charge is -2.07. The maximum atomic E-state index is 13.8. The van der Waals surface area contributed by atoms with Crippen molar-refractivity contribution in [1.82, 2.24) is 0 Å². The van der Waals surface area contributed by atoms with Crippen molar-refractivity contribution < 1.29 is 22.7 Å². The Kier molecular flexibility index (Phi) is 4.29. The van der Waals surface area contributed by atoms with Gasteiger partial charge in [-0.1, -0.05) is 29.8 Å². The molecule has 0 heterocycles. The van der Waals surface area contributed by atoms with Gasteiger partial charge in [0.1, 0.15) is 5.82 Å². The SMILES string of the molecule is O=C(O)c1cccc(S(=O)(=O)Cc2cccc(Cl)c2F)c1. The van der Waals surface area contributed by atoms with E-state index in [9.17, 15) is 17.6 Å². The van der Waals surface area contributed by atoms with Crippen molar-refractivity contribution in [1.29, 1.82) is 0 Å². The summed E-state index contributed by atoms with van der Waals surface area (Å²) in [5.41, 5.74) is -0.217. The highest BCUT2D eigenvalue weighted by Gasteiger charge is 2.20. The molecule has 2 aromatic rings. The average molecular weight is 329 g/mol. The number of aromatic carboxylic acids is 1. The first-order valence-corrected chi connectivity index (χ1v) is 7.83. The van der Waals surface area contributed by atoms with E-state index in [1.54, 1.807) is 0 Å². The summed E-state index contributed by atoms with van der Waals surface area (Å²) in [6.07, 6.45) is 0. The summed E-state index contributed by atoms with van der Waals surface area (Å²) >= 11 is 5.61. The van der Waals surface area contributed by atoms with E-state index < -0.39 is 27.4 Å². The molecule has 2 aromatic carbocycles. The summed E-state index contributed by atoms with van der Waals surface area (Å²) in [5, 5.41) is 8.71. The van der Waals surface area contributed by atoms with E-state index in [-0.39, 0.29) is 21.0 Å². The molecule has 2 rings (SSSR count). The lowest BCUT2D eigenvalue weighted by atomic mass is 10.2. The Morgan fingerprint density at radius 2 is 1.86 bits per heavy atom. The molecule has 1 N–H and O–H groups in total. The Morgan fingerprint density at radius 1 is 1.19 bits per heavy atom. The predicted octanol–water partition coefficient (Wildman–Crippen LogP) is 3.15. The lowest BCUT2D eigenvalue weighted by molar-refractivity contribution is 0.0696. The Morgan fingerprint density at radius 3 is 2.52 bits per heavy atom. The minimum atomic E-state index is -3.87. The largest absolute Gasteiger partial charge is 0.478 e. The third kappa shape index (κ3) is 3.40. The molecule has 0 aliphatic carbocycles. The van der Waals surface area contributed by atoms with Crippen LogP contribution in [0.1, 0.15) is 15.9 Å². The van der Waals surface area contributed by atoms with Gasteiger partial charge in [-0.2, -0.15) is 0 Å². The molecule has 7 heteroatoms. The fraction of sp³-hybridized carbons (Fsp3) is 0.0714. The number of carbonyl (C=O) groups is 1. The third-order valence-corrected chi connectivity index (χ3v) is 4.77. The average Bonchev–Trinajstić information content (AvgIpc) is 2.44. The van der Waals surface area contributed by atoms with E-state index >= 15 is 0 Å². The first kappa shape index (κ1) is 15.5. The zero-order chi connectivity index (χ0) is 15.6. The number of carboxylic acids is 1. The van der Waals surface area contributed by atoms with Gasteiger partial charge in [-0.05, 0) is 24.3 Å². The highest BCUT2D eigenvalue weighted by molar-refractivity contribution is 7.90. The van der Waals surface area contributed by atoms with Crippen molar-refractivity contribution in [2.24, 2.45) is 0 Å². The van der Waals surface area contributed by atoms with Gasteiger partial charge in [0.05, 0.1) is 21.2 Å². The van der Waals surface area contributed by atoms with Crippen LogP contribution in [0.15, 0.2) is 47.4 Å². The van der Waals surface area contributed by atoms with Crippen molar-refractivity contribution in [2.45, 2.75) is 10.6 Å². The van der Waals surface area contributed by atoms with Crippen molar-refractivity contribution in [2.75, 3.05) is 0 Å². The van der Waals surface area contributed by atoms with E-state index in [0.717, 1.165) is 6.07 Å². The Bertz CT molecular complexity index is 802. The second kappa shape index (κ2) is 5.83. The molecule has 0 bridgehead atoms. The van der Waals surface area contributed by atoms with E-state index in [4.69, 9.17) is 16.7 Å². The summed E-state index contributed by atoms with van der Waals surface area (Å²) in [6, 6.07) is 9.00. The number of hydrogen-bond acceptors (Lipinski definition) is 3. The zero-order valence-corrected chi connectivity index (χ0v) is 12.2. The smallest absolute Gasteiger partial charge is 0.335 e. The fourth-order valence-corrected chi connectivity index (χ4v) is 3.36. The number of sulfone groups is 1. The summed E-state index contributed by atoms with van der Waals surface area (Å²) in [7, 11) is -3.87. The summed E-state index contributed by atoms with van der Waals surface area (Å²) in [4.78, 5) is 10.7. The predicted molar refractivity (Wildman–Crippen MR) is 75.7 cm³/mol. The maximum Gasteiger partial charge on any atom is 0.335 e. The van der Waals surface area contributed by atoms with Gasteiger partial charge in [-0.15, -0.1) is 0 Å². The van der Waals surface area contributed by atoms with Crippen LogP contribution in [0.2, 0.25) is 5.02 Å². The van der Waals surface area contributed by atoms with Crippen molar-refractivity contribution >= 4 is 27.4 Å². The molecule has 0 saturated carbocycles. The van der Waals surface area contributed by atoms with Gasteiger partial charge in [-0.3, -0.25) is 0 Å². The number of carboxylic acid groups (broad SMARTS) is 1. The molecule has 0 saturated heterocycles. The molecule has 4 nitrogen and oxygen atoms in total. The van der Waals surface area contributed by atoms with Crippen LogP contribution in [-0.4, -0.2) is 19.5 Å². The fourth-order valence-electron chi connectivity index (χ4n) is 1.77. The second-order valence-corrected chi connectivity index (χ2v) is 6.70. The van der Waals surface area contributed by atoms with Gasteiger partial charge in [0.15, 0.2) is 9.84 Å². The molecule has 21 heavy (non-hydrogen) atoms. The van der Waals surface area contributed by atoms with Crippen LogP contribution in [-0.2, 0) is 15.6 Å². The van der Waals surface area contributed by atoms with Gasteiger partial charge in [0.2, 0.25) is 0 Å². The molecular formula is C14H10ClFO4S. The Labute approximate surface area is 125 Å². The highest BCUT2D eigenvalue weighted by Crippen LogP contribution is 2.23. The number of halogens is 2. The summed E-state index contributed by atoms with van der Waals surface area (Å²) in [6.45, 7) is 0. The first-order chi connectivity index (χ1) is 9.81. The molecule has 0 unspecified atom stereocenters. The van der Waals surface area contributed by atoms with Crippen LogP contribution < -0.4 is 0 Å². The minimum Gasteiger partial charge on any atom is -0.478 e. The van der Waals surface area contributed by atoms with Gasteiger partial charge in [-0.25, -0.2) is 17.6 Å². The molecule has 0 spiro atoms. The van der Waals surface area contributed by atoms with Gasteiger partial charge in [0, 0.05) is 5.56 Å². The van der Waals surface area contributed by atoms with Gasteiger partial charge in [0.25, 0.3) is 0 Å². The standard InChI is InChI=1S/C14H10ClFO4S/c15-12-6-2-4-10(13(12)16)8-21(19,20)11-5-1-3-9(7-11)14(17)18/h1-7H,8H2,(H,17,18). The van der Waals surface area contributed by atoms with E-state index in [2.05, 4.69) is 0 Å². The Hall–Kier alpha value is -1.92. The summed E-state index contributed by atoms with van der Waals surface area (Å²) < 4.78 is 38.2. The molecule has 0 aliphatic heterocycles. The van der Waals surface area contributed by atoms with Crippen LogP contribution in [0.5, 0.6) is 0 Å². The van der Waals surface area contributed by atoms with Crippen LogP contribution in [0.3, 0.4) is 0 Å². The molecular weight excluding hydrogens is 319 g/mol. The van der Waals surface area contributed by atoms with E-state index in [1.165, 1.54) is 36.4 Å². The number of hydrogen-bond donors (Lipinski definition) is 1. The second-order valence-electron chi connectivity index (χ2n) is 4.31. The van der Waals surface area contributed by atoms with Crippen LogP contribution in [0, 0.1) is 5.82 Å². The monoisotopic (exact) mass is 328 g/mol. The maximum absolute atomic E-state index is 13.8. The molecule has 0 radical (unpaired) electrons. The van der Waals surface area contributed by atoms with Gasteiger partial charge >= 0.3 is 5.97 Å². The summed E-state index contributed by atoms with van der Waals surface area (Å²) in [5.74, 6) is -2.62. The van der Waals surface area contributed by atoms with E-state index in [0.29, 0.717) is 0 Å². The molecule has 0 amide bonds. The quantitative estimate of drug-likeness (QED) is 0.935. The molecule has 0 aromatic heterocycles. The van der Waals surface area contributed by atoms with Crippen molar-refractivity contribution in [3.63, 3.8) is 0 Å². The normalized spacial score (nSPS) is 11.3. The molecule has 0 atom stereocenters. The third-order valence-electron chi connectivity index (χ3n) is 2.82. The van der Waals surface area contributed by atoms with E-state index in [1.807, 2.05) is 0 Å².